The minimum absolute atomic E-state index is 0.0996. The Morgan fingerprint density at radius 3 is 2.60 bits per heavy atom. The molecular weight excluding hydrogens is 333 g/mol. The Hall–Kier alpha value is -2.83. The van der Waals surface area contributed by atoms with Gasteiger partial charge < -0.3 is 10.2 Å². The minimum atomic E-state index is -1.06. The van der Waals surface area contributed by atoms with E-state index in [1.54, 1.807) is 6.92 Å². The zero-order chi connectivity index (χ0) is 18.1. The summed E-state index contributed by atoms with van der Waals surface area (Å²) in [7, 11) is 0. The minimum Gasteiger partial charge on any atom is -0.326 e. The molecule has 2 aromatic rings. The molecule has 0 bridgehead atoms. The smallest absolute Gasteiger partial charge is 0.235 e. The lowest BCUT2D eigenvalue weighted by Gasteiger charge is -2.30. The summed E-state index contributed by atoms with van der Waals surface area (Å²) in [5.74, 6) is -4.26. The molecule has 3 rings (SSSR count). The van der Waals surface area contributed by atoms with Crippen LogP contribution in [0.3, 0.4) is 0 Å². The van der Waals surface area contributed by atoms with Gasteiger partial charge in [-0.3, -0.25) is 9.59 Å². The number of hydrogen-bond donors (Lipinski definition) is 1. The Morgan fingerprint density at radius 2 is 1.92 bits per heavy atom. The number of nitrogens with zero attached hydrogens (tertiary/aromatic N) is 1. The van der Waals surface area contributed by atoms with E-state index in [2.05, 4.69) is 5.32 Å². The van der Waals surface area contributed by atoms with Gasteiger partial charge in [0.05, 0.1) is 5.92 Å². The molecule has 1 aliphatic rings. The zero-order valence-electron chi connectivity index (χ0n) is 13.4. The highest BCUT2D eigenvalue weighted by atomic mass is 19.2. The average molecular weight is 348 g/mol. The molecule has 0 saturated heterocycles. The van der Waals surface area contributed by atoms with Crippen molar-refractivity contribution < 1.29 is 22.8 Å². The van der Waals surface area contributed by atoms with Gasteiger partial charge in [-0.1, -0.05) is 6.07 Å². The van der Waals surface area contributed by atoms with Crippen molar-refractivity contribution in [2.24, 2.45) is 0 Å². The predicted octanol–water partition coefficient (Wildman–Crippen LogP) is 3.58. The number of carbonyl (C=O) groups is 2. The molecule has 1 aliphatic heterocycles. The van der Waals surface area contributed by atoms with E-state index in [0.717, 1.165) is 18.2 Å². The number of halogens is 3. The molecule has 2 aromatic carbocycles. The van der Waals surface area contributed by atoms with Gasteiger partial charge in [-0.15, -0.1) is 0 Å². The molecule has 1 atom stereocenters. The fourth-order valence-corrected chi connectivity index (χ4v) is 2.96. The summed E-state index contributed by atoms with van der Waals surface area (Å²) in [5.41, 5.74) is 0.934. The molecule has 4 nitrogen and oxygen atoms in total. The van der Waals surface area contributed by atoms with Crippen molar-refractivity contribution in [3.8, 4) is 0 Å². The van der Waals surface area contributed by atoms with Crippen LogP contribution in [0.4, 0.5) is 24.5 Å². The maximum Gasteiger partial charge on any atom is 0.235 e. The quantitative estimate of drug-likeness (QED) is 0.922. The fourth-order valence-electron chi connectivity index (χ4n) is 2.96. The van der Waals surface area contributed by atoms with Gasteiger partial charge in [0.25, 0.3) is 0 Å². The predicted molar refractivity (Wildman–Crippen MR) is 86.8 cm³/mol. The summed E-state index contributed by atoms with van der Waals surface area (Å²) < 4.78 is 40.0. The monoisotopic (exact) mass is 348 g/mol. The third-order valence-electron chi connectivity index (χ3n) is 4.15. The number of amides is 2. The number of carbonyl (C=O) groups excluding carboxylic acids is 2. The molecule has 1 N–H and O–H groups in total. The van der Waals surface area contributed by atoms with E-state index in [-0.39, 0.29) is 24.3 Å². The molecule has 25 heavy (non-hydrogen) atoms. The van der Waals surface area contributed by atoms with Gasteiger partial charge in [0.2, 0.25) is 11.8 Å². The first kappa shape index (κ1) is 17.0. The maximum absolute atomic E-state index is 13.5. The van der Waals surface area contributed by atoms with E-state index >= 15 is 0 Å². The largest absolute Gasteiger partial charge is 0.326 e. The van der Waals surface area contributed by atoms with Gasteiger partial charge in [-0.25, -0.2) is 13.2 Å². The highest BCUT2D eigenvalue weighted by Crippen LogP contribution is 2.35. The van der Waals surface area contributed by atoms with E-state index in [1.165, 1.54) is 23.1 Å². The van der Waals surface area contributed by atoms with Gasteiger partial charge in [0, 0.05) is 30.4 Å². The van der Waals surface area contributed by atoms with Crippen LogP contribution in [0.5, 0.6) is 0 Å². The number of benzene rings is 2. The summed E-state index contributed by atoms with van der Waals surface area (Å²) >= 11 is 0. The van der Waals surface area contributed by atoms with Crippen LogP contribution in [0.1, 0.15) is 24.8 Å². The molecule has 2 amide bonds. The molecule has 0 aromatic heterocycles. The molecule has 0 radical (unpaired) electrons. The van der Waals surface area contributed by atoms with E-state index in [9.17, 15) is 22.8 Å². The van der Waals surface area contributed by atoms with Crippen LogP contribution in [-0.2, 0) is 9.59 Å². The van der Waals surface area contributed by atoms with Crippen LogP contribution < -0.4 is 10.2 Å². The Bertz CT molecular complexity index is 854. The molecule has 7 heteroatoms. The summed E-state index contributed by atoms with van der Waals surface area (Å²) in [6.07, 6.45) is -0.0996. The van der Waals surface area contributed by atoms with E-state index in [4.69, 9.17) is 0 Å². The van der Waals surface area contributed by atoms with Gasteiger partial charge >= 0.3 is 0 Å². The van der Waals surface area contributed by atoms with E-state index in [1.807, 2.05) is 0 Å². The van der Waals surface area contributed by atoms with Gasteiger partial charge in [0.15, 0.2) is 11.6 Å². The molecule has 1 unspecified atom stereocenters. The molecule has 130 valence electrons. The van der Waals surface area contributed by atoms with Crippen LogP contribution >= 0.6 is 0 Å². The lowest BCUT2D eigenvalue weighted by Crippen LogP contribution is -2.38. The van der Waals surface area contributed by atoms with Crippen molar-refractivity contribution in [2.45, 2.75) is 19.3 Å². The lowest BCUT2D eigenvalue weighted by atomic mass is 9.89. The Kier molecular flexibility index (Phi) is 4.48. The number of likely N-dealkylation sites (N-methyl/N-ethyl adjacent to an activating group) is 1. The van der Waals surface area contributed by atoms with Crippen molar-refractivity contribution in [1.82, 2.24) is 0 Å². The third-order valence-corrected chi connectivity index (χ3v) is 4.15. The van der Waals surface area contributed by atoms with Crippen molar-refractivity contribution in [3.05, 3.63) is 59.4 Å². The van der Waals surface area contributed by atoms with E-state index in [0.29, 0.717) is 5.56 Å². The van der Waals surface area contributed by atoms with Crippen LogP contribution in [0, 0.1) is 17.5 Å². The number of hydrogen-bond acceptors (Lipinski definition) is 2. The Morgan fingerprint density at radius 1 is 1.16 bits per heavy atom. The van der Waals surface area contributed by atoms with Crippen LogP contribution in [0.2, 0.25) is 0 Å². The standard InChI is InChI=1S/C18H15F3N2O2/c1-2-23(11-4-6-14(20)15(21)8-11)18(25)13-9-17(24)22-16-7-10(19)3-5-12(13)16/h3-8,13H,2,9H2,1H3,(H,22,24). The van der Waals surface area contributed by atoms with Crippen LogP contribution in [0.15, 0.2) is 36.4 Å². The average Bonchev–Trinajstić information content (AvgIpc) is 2.57. The molecular formula is C18H15F3N2O2. The summed E-state index contributed by atoms with van der Waals surface area (Å²) in [4.78, 5) is 26.1. The molecule has 0 fully saturated rings. The summed E-state index contributed by atoms with van der Waals surface area (Å²) in [6.45, 7) is 1.90. The number of anilines is 2. The molecule has 0 saturated carbocycles. The fraction of sp³-hybridized carbons (Fsp3) is 0.222. The normalized spacial score (nSPS) is 16.2. The van der Waals surface area contributed by atoms with Crippen molar-refractivity contribution in [1.29, 1.82) is 0 Å². The van der Waals surface area contributed by atoms with Crippen molar-refractivity contribution in [2.75, 3.05) is 16.8 Å². The van der Waals surface area contributed by atoms with Crippen molar-refractivity contribution >= 4 is 23.2 Å². The first-order chi connectivity index (χ1) is 11.9. The lowest BCUT2D eigenvalue weighted by molar-refractivity contribution is -0.124. The zero-order valence-corrected chi connectivity index (χ0v) is 13.4. The van der Waals surface area contributed by atoms with Crippen LogP contribution in [0.25, 0.3) is 0 Å². The second-order valence-corrected chi connectivity index (χ2v) is 5.72. The molecule has 0 spiro atoms. The molecule has 0 aliphatic carbocycles. The third kappa shape index (κ3) is 3.22. The van der Waals surface area contributed by atoms with Crippen molar-refractivity contribution in [3.63, 3.8) is 0 Å². The first-order valence-corrected chi connectivity index (χ1v) is 7.76. The van der Waals surface area contributed by atoms with E-state index < -0.39 is 35.2 Å². The second kappa shape index (κ2) is 6.58. The molecule has 1 heterocycles. The Balaban J connectivity index is 1.98. The highest BCUT2D eigenvalue weighted by Gasteiger charge is 2.34. The van der Waals surface area contributed by atoms with Gasteiger partial charge in [0.1, 0.15) is 5.82 Å². The highest BCUT2D eigenvalue weighted by molar-refractivity contribution is 6.06. The SMILES string of the molecule is CCN(C(=O)C1CC(=O)Nc2cc(F)ccc21)c1ccc(F)c(F)c1. The topological polar surface area (TPSA) is 49.4 Å². The number of nitrogens with one attached hydrogen (secondary N) is 1. The Labute approximate surface area is 142 Å². The summed E-state index contributed by atoms with van der Waals surface area (Å²) in [5, 5.41) is 2.54. The van der Waals surface area contributed by atoms with Gasteiger partial charge in [-0.05, 0) is 36.8 Å². The number of rotatable bonds is 3. The summed E-state index contributed by atoms with van der Waals surface area (Å²) in [6, 6.07) is 6.99. The van der Waals surface area contributed by atoms with Crippen LogP contribution in [-0.4, -0.2) is 18.4 Å². The maximum atomic E-state index is 13.5. The number of fused-ring (bicyclic) bond motifs is 1. The second-order valence-electron chi connectivity index (χ2n) is 5.72. The van der Waals surface area contributed by atoms with Gasteiger partial charge in [-0.2, -0.15) is 0 Å². The first-order valence-electron chi connectivity index (χ1n) is 7.76.